The van der Waals surface area contributed by atoms with Crippen molar-refractivity contribution < 1.29 is 9.96 Å². The zero-order chi connectivity index (χ0) is 16.6. The molecule has 0 heterocycles. The van der Waals surface area contributed by atoms with E-state index in [0.717, 1.165) is 0 Å². The molecule has 0 saturated carbocycles. The van der Waals surface area contributed by atoms with Crippen molar-refractivity contribution in [2.24, 2.45) is 5.41 Å². The molecule has 2 nitrogen and oxygen atoms in total. The van der Waals surface area contributed by atoms with Gasteiger partial charge in [0, 0.05) is 18.3 Å². The van der Waals surface area contributed by atoms with Gasteiger partial charge in [-0.05, 0) is 32.1 Å². The summed E-state index contributed by atoms with van der Waals surface area (Å²) in [6, 6.07) is 0. The second kappa shape index (κ2) is 10.6. The minimum atomic E-state index is 0. The fraction of sp³-hybridized carbons (Fsp3) is 1.00. The van der Waals surface area contributed by atoms with Crippen molar-refractivity contribution in [3.05, 3.63) is 0 Å². The minimum absolute atomic E-state index is 0. The third-order valence-electron chi connectivity index (χ3n) is 6.72. The van der Waals surface area contributed by atoms with Crippen molar-refractivity contribution in [1.29, 1.82) is 0 Å². The average molecular weight is 316 g/mol. The van der Waals surface area contributed by atoms with Crippen molar-refractivity contribution in [3.8, 4) is 0 Å². The maximum absolute atomic E-state index is 2.58. The van der Waals surface area contributed by atoms with E-state index < -0.39 is 0 Å². The van der Waals surface area contributed by atoms with Gasteiger partial charge in [0.1, 0.15) is 5.54 Å². The molecule has 1 N–H and O–H groups in total. The topological polar surface area (TPSA) is 30.0 Å². The molecule has 0 saturated heterocycles. The molecule has 0 radical (unpaired) electrons. The van der Waals surface area contributed by atoms with Crippen molar-refractivity contribution >= 4 is 0 Å². The third-order valence-corrected chi connectivity index (χ3v) is 6.72. The highest BCUT2D eigenvalue weighted by Gasteiger charge is 2.56. The first kappa shape index (κ1) is 24.2. The zero-order valence-electron chi connectivity index (χ0n) is 17.0. The molecule has 0 rings (SSSR count). The molecule has 0 aromatic heterocycles. The maximum Gasteiger partial charge on any atom is 0.104 e. The molecule has 0 atom stereocenters. The van der Waals surface area contributed by atoms with E-state index >= 15 is 0 Å². The lowest BCUT2D eigenvalue weighted by Gasteiger charge is -2.61. The summed E-state index contributed by atoms with van der Waals surface area (Å²) in [7, 11) is 0. The summed E-state index contributed by atoms with van der Waals surface area (Å²) in [6.07, 6.45) is 9.19. The lowest BCUT2D eigenvalue weighted by molar-refractivity contribution is -0.985. The zero-order valence-corrected chi connectivity index (χ0v) is 17.0. The molecule has 136 valence electrons. The maximum atomic E-state index is 2.58. The van der Waals surface area contributed by atoms with Crippen LogP contribution in [0, 0.1) is 5.41 Å². The molecule has 0 unspecified atom stereocenters. The number of hydrogen-bond donors (Lipinski definition) is 0. The first-order chi connectivity index (χ1) is 9.92. The second-order valence-electron chi connectivity index (χ2n) is 7.32. The summed E-state index contributed by atoms with van der Waals surface area (Å²) in [5.74, 6) is 0. The fourth-order valence-electron chi connectivity index (χ4n) is 5.52. The Bertz CT molecular complexity index is 250. The number of quaternary nitrogens is 1. The fourth-order valence-corrected chi connectivity index (χ4v) is 5.52. The SMILES string of the molecule is CCC[N+](CCC)(CCC)C(CC)(CC)C(C)(CC)CC.[OH-]. The van der Waals surface area contributed by atoms with Gasteiger partial charge in [-0.15, -0.1) is 0 Å². The number of rotatable bonds is 12. The standard InChI is InChI=1S/C20H44N.H2O/c1-9-16-21(17-10-2,18-11-3)20(14-6,15-7)19(8,12-4)13-5;/h9-18H2,1-8H3;1H2/q+1;/p-1. The molecule has 0 aliphatic rings. The molecular weight excluding hydrogens is 270 g/mol. The monoisotopic (exact) mass is 315 g/mol. The third kappa shape index (κ3) is 4.06. The molecule has 0 aromatic rings. The van der Waals surface area contributed by atoms with Crippen molar-refractivity contribution in [2.75, 3.05) is 19.6 Å². The summed E-state index contributed by atoms with van der Waals surface area (Å²) in [4.78, 5) is 0. The van der Waals surface area contributed by atoms with Crippen LogP contribution in [0.2, 0.25) is 0 Å². The van der Waals surface area contributed by atoms with Gasteiger partial charge in [-0.25, -0.2) is 0 Å². The van der Waals surface area contributed by atoms with Crippen molar-refractivity contribution in [2.45, 2.75) is 106 Å². The summed E-state index contributed by atoms with van der Waals surface area (Å²) in [6.45, 7) is 23.5. The lowest BCUT2D eigenvalue weighted by Crippen LogP contribution is -2.71. The largest absolute Gasteiger partial charge is 0.870 e. The number of nitrogens with zero attached hydrogens (tertiary/aromatic N) is 1. The summed E-state index contributed by atoms with van der Waals surface area (Å²) >= 11 is 0. The molecule has 0 fully saturated rings. The van der Waals surface area contributed by atoms with Crippen LogP contribution >= 0.6 is 0 Å². The molecule has 22 heavy (non-hydrogen) atoms. The van der Waals surface area contributed by atoms with Crippen LogP contribution in [0.5, 0.6) is 0 Å². The van der Waals surface area contributed by atoms with Gasteiger partial charge in [0.15, 0.2) is 0 Å². The Labute approximate surface area is 141 Å². The van der Waals surface area contributed by atoms with E-state index in [0.29, 0.717) is 11.0 Å². The highest BCUT2D eigenvalue weighted by Crippen LogP contribution is 2.50. The minimum Gasteiger partial charge on any atom is -0.870 e. The average Bonchev–Trinajstić information content (AvgIpc) is 2.49. The van der Waals surface area contributed by atoms with E-state index in [1.165, 1.54) is 69.1 Å². The van der Waals surface area contributed by atoms with E-state index in [9.17, 15) is 0 Å². The van der Waals surface area contributed by atoms with Crippen LogP contribution in [0.25, 0.3) is 0 Å². The second-order valence-corrected chi connectivity index (χ2v) is 7.32. The molecular formula is C20H45NO. The summed E-state index contributed by atoms with van der Waals surface area (Å²) < 4.78 is 1.36. The van der Waals surface area contributed by atoms with Crippen LogP contribution in [0.3, 0.4) is 0 Å². The number of hydrogen-bond acceptors (Lipinski definition) is 1. The predicted molar refractivity (Wildman–Crippen MR) is 99.7 cm³/mol. The Morgan fingerprint density at radius 3 is 1.09 bits per heavy atom. The Morgan fingerprint density at radius 2 is 0.909 bits per heavy atom. The van der Waals surface area contributed by atoms with Gasteiger partial charge in [0.05, 0.1) is 19.6 Å². The van der Waals surface area contributed by atoms with Gasteiger partial charge in [0.25, 0.3) is 0 Å². The van der Waals surface area contributed by atoms with Gasteiger partial charge in [-0.3, -0.25) is 0 Å². The quantitative estimate of drug-likeness (QED) is 0.392. The molecule has 0 spiro atoms. The predicted octanol–water partition coefficient (Wildman–Crippen LogP) is 6.24. The Morgan fingerprint density at radius 1 is 0.591 bits per heavy atom. The smallest absolute Gasteiger partial charge is 0.104 e. The van der Waals surface area contributed by atoms with E-state index in [1.807, 2.05) is 0 Å². The lowest BCUT2D eigenvalue weighted by atomic mass is 9.62. The van der Waals surface area contributed by atoms with E-state index in [1.54, 1.807) is 0 Å². The molecule has 0 amide bonds. The van der Waals surface area contributed by atoms with Gasteiger partial charge < -0.3 is 9.96 Å². The molecule has 0 aromatic carbocycles. The van der Waals surface area contributed by atoms with Crippen LogP contribution in [0.4, 0.5) is 0 Å². The first-order valence-electron chi connectivity index (χ1n) is 9.79. The Balaban J connectivity index is 0. The van der Waals surface area contributed by atoms with E-state index in [4.69, 9.17) is 0 Å². The highest BCUT2D eigenvalue weighted by atomic mass is 16.0. The van der Waals surface area contributed by atoms with E-state index in [-0.39, 0.29) is 5.48 Å². The van der Waals surface area contributed by atoms with Gasteiger partial charge in [-0.1, -0.05) is 55.4 Å². The first-order valence-corrected chi connectivity index (χ1v) is 9.79. The Hall–Kier alpha value is -0.0800. The van der Waals surface area contributed by atoms with Crippen molar-refractivity contribution in [3.63, 3.8) is 0 Å². The molecule has 0 bridgehead atoms. The van der Waals surface area contributed by atoms with Gasteiger partial charge in [-0.2, -0.15) is 0 Å². The van der Waals surface area contributed by atoms with Crippen molar-refractivity contribution in [1.82, 2.24) is 0 Å². The van der Waals surface area contributed by atoms with Crippen LogP contribution in [0.15, 0.2) is 0 Å². The highest BCUT2D eigenvalue weighted by molar-refractivity contribution is 4.96. The summed E-state index contributed by atoms with van der Waals surface area (Å²) in [5, 5.41) is 0. The van der Waals surface area contributed by atoms with E-state index in [2.05, 4.69) is 55.4 Å². The molecule has 2 heteroatoms. The van der Waals surface area contributed by atoms with Gasteiger partial charge >= 0.3 is 0 Å². The van der Waals surface area contributed by atoms with Gasteiger partial charge in [0.2, 0.25) is 0 Å². The normalized spacial score (nSPS) is 13.1. The Kier molecular flexibility index (Phi) is 11.7. The van der Waals surface area contributed by atoms with Crippen LogP contribution in [-0.2, 0) is 0 Å². The molecule has 0 aliphatic heterocycles. The van der Waals surface area contributed by atoms with Crippen LogP contribution in [0.1, 0.15) is 100 Å². The van der Waals surface area contributed by atoms with Crippen LogP contribution < -0.4 is 0 Å². The van der Waals surface area contributed by atoms with Crippen LogP contribution in [-0.4, -0.2) is 35.1 Å². The summed E-state index contributed by atoms with van der Waals surface area (Å²) in [5.41, 5.74) is 0.897. The molecule has 0 aliphatic carbocycles.